The smallest absolute Gasteiger partial charge is 0.255 e. The zero-order valence-electron chi connectivity index (χ0n) is 15.0. The van der Waals surface area contributed by atoms with Gasteiger partial charge in [-0.25, -0.2) is 4.39 Å². The molecule has 0 heterocycles. The number of carbonyl (C=O) groups is 2. The number of aryl methyl sites for hydroxylation is 2. The lowest BCUT2D eigenvalue weighted by atomic mass is 10.1. The first-order chi connectivity index (χ1) is 12.9. The summed E-state index contributed by atoms with van der Waals surface area (Å²) in [5, 5.41) is 5.49. The van der Waals surface area contributed by atoms with Crippen LogP contribution in [0.25, 0.3) is 0 Å². The molecule has 0 aliphatic heterocycles. The average molecular weight is 362 g/mol. The molecule has 3 aromatic carbocycles. The molecule has 0 saturated heterocycles. The molecule has 0 aromatic heterocycles. The minimum absolute atomic E-state index is 0.253. The Bertz CT molecular complexity index is 1000. The van der Waals surface area contributed by atoms with Crippen molar-refractivity contribution in [2.75, 3.05) is 10.6 Å². The van der Waals surface area contributed by atoms with E-state index in [-0.39, 0.29) is 17.6 Å². The second-order valence-corrected chi connectivity index (χ2v) is 6.27. The molecule has 0 aliphatic carbocycles. The Morgan fingerprint density at radius 2 is 1.41 bits per heavy atom. The van der Waals surface area contributed by atoms with Crippen LogP contribution in [0.1, 0.15) is 31.8 Å². The molecule has 0 saturated carbocycles. The number of anilines is 2. The Morgan fingerprint density at radius 3 is 2.11 bits per heavy atom. The lowest BCUT2D eigenvalue weighted by Gasteiger charge is -2.11. The summed E-state index contributed by atoms with van der Waals surface area (Å²) in [7, 11) is 0. The normalized spacial score (nSPS) is 10.3. The van der Waals surface area contributed by atoms with Gasteiger partial charge >= 0.3 is 0 Å². The van der Waals surface area contributed by atoms with Crippen LogP contribution in [0.3, 0.4) is 0 Å². The Labute approximate surface area is 157 Å². The van der Waals surface area contributed by atoms with Gasteiger partial charge in [-0.05, 0) is 61.4 Å². The number of halogens is 1. The topological polar surface area (TPSA) is 58.2 Å². The van der Waals surface area contributed by atoms with E-state index in [0.717, 1.165) is 5.56 Å². The molecule has 3 aromatic rings. The fraction of sp³-hybridized carbons (Fsp3) is 0.0909. The van der Waals surface area contributed by atoms with Gasteiger partial charge < -0.3 is 10.6 Å². The van der Waals surface area contributed by atoms with Crippen LogP contribution < -0.4 is 10.6 Å². The van der Waals surface area contributed by atoms with Crippen molar-refractivity contribution in [1.29, 1.82) is 0 Å². The highest BCUT2D eigenvalue weighted by molar-refractivity contribution is 6.07. The zero-order chi connectivity index (χ0) is 19.4. The van der Waals surface area contributed by atoms with Crippen molar-refractivity contribution >= 4 is 23.2 Å². The van der Waals surface area contributed by atoms with Crippen LogP contribution in [0.2, 0.25) is 0 Å². The number of benzene rings is 3. The van der Waals surface area contributed by atoms with E-state index in [1.807, 2.05) is 13.0 Å². The number of amides is 2. The first-order valence-corrected chi connectivity index (χ1v) is 8.48. The van der Waals surface area contributed by atoms with Gasteiger partial charge in [-0.15, -0.1) is 0 Å². The summed E-state index contributed by atoms with van der Waals surface area (Å²) in [6.45, 7) is 3.50. The van der Waals surface area contributed by atoms with E-state index >= 15 is 0 Å². The number of hydrogen-bond acceptors (Lipinski definition) is 2. The predicted octanol–water partition coefficient (Wildman–Crippen LogP) is 4.95. The van der Waals surface area contributed by atoms with Crippen molar-refractivity contribution in [1.82, 2.24) is 0 Å². The molecular formula is C22H19FN2O2. The molecule has 0 radical (unpaired) electrons. The standard InChI is InChI=1S/C22H19FN2O2/c1-14-9-11-18(13-19(14)23)24-22(27)17-10-8-15(2)20(12-17)25-21(26)16-6-4-3-5-7-16/h3-13H,1-2H3,(H,24,27)(H,25,26). The molecule has 0 unspecified atom stereocenters. The van der Waals surface area contributed by atoms with Gasteiger partial charge in [0.25, 0.3) is 11.8 Å². The maximum atomic E-state index is 13.7. The van der Waals surface area contributed by atoms with Crippen LogP contribution in [0.4, 0.5) is 15.8 Å². The fourth-order valence-corrected chi connectivity index (χ4v) is 2.56. The van der Waals surface area contributed by atoms with Crippen LogP contribution in [0.5, 0.6) is 0 Å². The minimum atomic E-state index is -0.382. The van der Waals surface area contributed by atoms with Crippen LogP contribution in [-0.4, -0.2) is 11.8 Å². The molecule has 0 atom stereocenters. The van der Waals surface area contributed by atoms with Crippen molar-refractivity contribution in [3.05, 3.63) is 94.8 Å². The number of carbonyl (C=O) groups excluding carboxylic acids is 2. The van der Waals surface area contributed by atoms with Crippen LogP contribution in [0, 0.1) is 19.7 Å². The third-order valence-electron chi connectivity index (χ3n) is 4.21. The van der Waals surface area contributed by atoms with Crippen LogP contribution in [-0.2, 0) is 0 Å². The number of hydrogen-bond donors (Lipinski definition) is 2. The van der Waals surface area contributed by atoms with Crippen molar-refractivity contribution in [3.63, 3.8) is 0 Å². The quantitative estimate of drug-likeness (QED) is 0.690. The predicted molar refractivity (Wildman–Crippen MR) is 105 cm³/mol. The largest absolute Gasteiger partial charge is 0.322 e. The summed E-state index contributed by atoms with van der Waals surface area (Å²) >= 11 is 0. The van der Waals surface area contributed by atoms with E-state index < -0.39 is 0 Å². The zero-order valence-corrected chi connectivity index (χ0v) is 15.0. The lowest BCUT2D eigenvalue weighted by molar-refractivity contribution is 0.101. The number of nitrogens with one attached hydrogen (secondary N) is 2. The van der Waals surface area contributed by atoms with E-state index in [1.165, 1.54) is 6.07 Å². The summed E-state index contributed by atoms with van der Waals surface area (Å²) in [5.74, 6) is -1.02. The van der Waals surface area contributed by atoms with Gasteiger partial charge in [0.05, 0.1) is 0 Å². The van der Waals surface area contributed by atoms with Crippen molar-refractivity contribution in [3.8, 4) is 0 Å². The minimum Gasteiger partial charge on any atom is -0.322 e. The Kier molecular flexibility index (Phi) is 5.31. The summed E-state index contributed by atoms with van der Waals surface area (Å²) in [4.78, 5) is 24.8. The molecule has 0 aliphatic rings. The summed E-state index contributed by atoms with van der Waals surface area (Å²) < 4.78 is 13.7. The van der Waals surface area contributed by atoms with Crippen LogP contribution in [0.15, 0.2) is 66.7 Å². The molecule has 4 nitrogen and oxygen atoms in total. The second kappa shape index (κ2) is 7.83. The maximum absolute atomic E-state index is 13.7. The summed E-state index contributed by atoms with van der Waals surface area (Å²) in [5.41, 5.74) is 3.16. The molecule has 5 heteroatoms. The summed E-state index contributed by atoms with van der Waals surface area (Å²) in [6, 6.07) is 18.4. The monoisotopic (exact) mass is 362 g/mol. The molecule has 2 N–H and O–H groups in total. The van der Waals surface area contributed by atoms with Crippen molar-refractivity contribution < 1.29 is 14.0 Å². The maximum Gasteiger partial charge on any atom is 0.255 e. The van der Waals surface area contributed by atoms with E-state index in [0.29, 0.717) is 28.1 Å². The molecule has 0 bridgehead atoms. The van der Waals surface area contributed by atoms with Crippen molar-refractivity contribution in [2.45, 2.75) is 13.8 Å². The fourth-order valence-electron chi connectivity index (χ4n) is 2.56. The lowest BCUT2D eigenvalue weighted by Crippen LogP contribution is -2.15. The van der Waals surface area contributed by atoms with Gasteiger partial charge in [0, 0.05) is 22.5 Å². The van der Waals surface area contributed by atoms with E-state index in [9.17, 15) is 14.0 Å². The van der Waals surface area contributed by atoms with Gasteiger partial charge in [0.2, 0.25) is 0 Å². The van der Waals surface area contributed by atoms with Crippen molar-refractivity contribution in [2.24, 2.45) is 0 Å². The van der Waals surface area contributed by atoms with E-state index in [1.54, 1.807) is 61.5 Å². The third-order valence-corrected chi connectivity index (χ3v) is 4.21. The first kappa shape index (κ1) is 18.3. The Hall–Kier alpha value is -3.47. The van der Waals surface area contributed by atoms with Gasteiger partial charge in [-0.2, -0.15) is 0 Å². The summed E-state index contributed by atoms with van der Waals surface area (Å²) in [6.07, 6.45) is 0. The molecule has 3 rings (SSSR count). The third kappa shape index (κ3) is 4.39. The van der Waals surface area contributed by atoms with E-state index in [4.69, 9.17) is 0 Å². The van der Waals surface area contributed by atoms with Gasteiger partial charge in [-0.1, -0.05) is 30.3 Å². The first-order valence-electron chi connectivity index (χ1n) is 8.48. The highest BCUT2D eigenvalue weighted by Gasteiger charge is 2.12. The molecule has 2 amide bonds. The Balaban J connectivity index is 1.78. The molecule has 136 valence electrons. The van der Waals surface area contributed by atoms with Gasteiger partial charge in [0.15, 0.2) is 0 Å². The molecular weight excluding hydrogens is 343 g/mol. The average Bonchev–Trinajstić information content (AvgIpc) is 2.67. The van der Waals surface area contributed by atoms with Gasteiger partial charge in [-0.3, -0.25) is 9.59 Å². The van der Waals surface area contributed by atoms with E-state index in [2.05, 4.69) is 10.6 Å². The number of rotatable bonds is 4. The SMILES string of the molecule is Cc1ccc(NC(=O)c2ccc(C)c(NC(=O)c3ccccc3)c2)cc1F. The highest BCUT2D eigenvalue weighted by Crippen LogP contribution is 2.20. The van der Waals surface area contributed by atoms with Crippen LogP contribution >= 0.6 is 0 Å². The Morgan fingerprint density at radius 1 is 0.741 bits per heavy atom. The second-order valence-electron chi connectivity index (χ2n) is 6.27. The molecule has 27 heavy (non-hydrogen) atoms. The van der Waals surface area contributed by atoms with Gasteiger partial charge in [0.1, 0.15) is 5.82 Å². The molecule has 0 spiro atoms. The molecule has 0 fully saturated rings. The highest BCUT2D eigenvalue weighted by atomic mass is 19.1.